The molecule has 0 aliphatic heterocycles. The molecule has 0 spiro atoms. The van der Waals surface area contributed by atoms with Crippen LogP contribution in [0.3, 0.4) is 0 Å². The molecule has 5 nitrogen and oxygen atoms in total. The molecule has 2 N–H and O–H groups in total. The highest BCUT2D eigenvalue weighted by atomic mass is 16.4. The van der Waals surface area contributed by atoms with Crippen LogP contribution in [0.4, 0.5) is 4.79 Å². The van der Waals surface area contributed by atoms with Crippen LogP contribution in [0.15, 0.2) is 0 Å². The predicted octanol–water partition coefficient (Wildman–Crippen LogP) is 1.54. The molecule has 0 saturated heterocycles. The van der Waals surface area contributed by atoms with Crippen LogP contribution in [-0.4, -0.2) is 41.1 Å². The van der Waals surface area contributed by atoms with E-state index in [9.17, 15) is 9.59 Å². The number of carbonyl (C=O) groups is 2. The summed E-state index contributed by atoms with van der Waals surface area (Å²) in [4.78, 5) is 24.1. The molecule has 0 aliphatic carbocycles. The second kappa shape index (κ2) is 7.09. The standard InChI is InChI=1S/C11H22N2O3/c1-5-9(10(14)15)12-11(16)13(6-2)7-8(3)4/h8-9H,5-7H2,1-4H3,(H,12,16)(H,14,15)/t9-/m0/s1. The number of carboxylic acid groups (broad SMARTS) is 1. The minimum atomic E-state index is -0.989. The topological polar surface area (TPSA) is 69.6 Å². The van der Waals surface area contributed by atoms with Gasteiger partial charge in [0.15, 0.2) is 0 Å². The predicted molar refractivity (Wildman–Crippen MR) is 62.3 cm³/mol. The van der Waals surface area contributed by atoms with Crippen molar-refractivity contribution in [2.75, 3.05) is 13.1 Å². The third-order valence-corrected chi connectivity index (χ3v) is 2.26. The van der Waals surface area contributed by atoms with Crippen molar-refractivity contribution in [3.8, 4) is 0 Å². The number of aliphatic carboxylic acids is 1. The fourth-order valence-corrected chi connectivity index (χ4v) is 1.38. The highest BCUT2D eigenvalue weighted by Crippen LogP contribution is 2.00. The molecule has 0 aromatic heterocycles. The normalized spacial score (nSPS) is 12.3. The van der Waals surface area contributed by atoms with Crippen LogP contribution in [0.2, 0.25) is 0 Å². The van der Waals surface area contributed by atoms with Crippen molar-refractivity contribution in [3.63, 3.8) is 0 Å². The summed E-state index contributed by atoms with van der Waals surface area (Å²) in [6.07, 6.45) is 0.389. The summed E-state index contributed by atoms with van der Waals surface area (Å²) >= 11 is 0. The molecule has 16 heavy (non-hydrogen) atoms. The Morgan fingerprint density at radius 2 is 1.88 bits per heavy atom. The van der Waals surface area contributed by atoms with Crippen LogP contribution >= 0.6 is 0 Å². The van der Waals surface area contributed by atoms with Crippen LogP contribution < -0.4 is 5.32 Å². The van der Waals surface area contributed by atoms with Crippen LogP contribution in [0.1, 0.15) is 34.1 Å². The lowest BCUT2D eigenvalue weighted by atomic mass is 10.2. The highest BCUT2D eigenvalue weighted by Gasteiger charge is 2.20. The molecule has 0 rings (SSSR count). The molecule has 0 aromatic carbocycles. The first-order chi connectivity index (χ1) is 7.42. The van der Waals surface area contributed by atoms with Crippen LogP contribution in [0.25, 0.3) is 0 Å². The Labute approximate surface area is 96.8 Å². The number of rotatable bonds is 6. The van der Waals surface area contributed by atoms with E-state index in [-0.39, 0.29) is 6.03 Å². The Morgan fingerprint density at radius 1 is 1.31 bits per heavy atom. The maximum Gasteiger partial charge on any atom is 0.326 e. The Balaban J connectivity index is 4.34. The summed E-state index contributed by atoms with van der Waals surface area (Å²) in [6, 6.07) is -1.10. The zero-order valence-corrected chi connectivity index (χ0v) is 10.5. The number of hydrogen-bond donors (Lipinski definition) is 2. The van der Waals surface area contributed by atoms with E-state index in [1.165, 1.54) is 0 Å². The summed E-state index contributed by atoms with van der Waals surface area (Å²) in [5.41, 5.74) is 0. The van der Waals surface area contributed by atoms with Gasteiger partial charge in [-0.25, -0.2) is 9.59 Å². The van der Waals surface area contributed by atoms with Crippen LogP contribution in [-0.2, 0) is 4.79 Å². The van der Waals surface area contributed by atoms with Gasteiger partial charge in [-0.15, -0.1) is 0 Å². The van der Waals surface area contributed by atoms with Crippen molar-refractivity contribution in [1.82, 2.24) is 10.2 Å². The van der Waals surface area contributed by atoms with Gasteiger partial charge in [0.05, 0.1) is 0 Å². The molecule has 0 unspecified atom stereocenters. The molecule has 0 heterocycles. The number of nitrogens with one attached hydrogen (secondary N) is 1. The van der Waals surface area contributed by atoms with E-state index in [1.54, 1.807) is 11.8 Å². The second-order valence-corrected chi connectivity index (χ2v) is 4.18. The first-order valence-corrected chi connectivity index (χ1v) is 5.70. The number of urea groups is 1. The number of hydrogen-bond acceptors (Lipinski definition) is 2. The van der Waals surface area contributed by atoms with Gasteiger partial charge in [0.2, 0.25) is 0 Å². The maximum atomic E-state index is 11.7. The highest BCUT2D eigenvalue weighted by molar-refractivity contribution is 5.82. The SMILES string of the molecule is CC[C@H](NC(=O)N(CC)CC(C)C)C(=O)O. The molecule has 2 amide bonds. The zero-order valence-electron chi connectivity index (χ0n) is 10.5. The number of carbonyl (C=O) groups excluding carboxylic acids is 1. The Bertz CT molecular complexity index is 241. The summed E-state index contributed by atoms with van der Waals surface area (Å²) < 4.78 is 0. The van der Waals surface area contributed by atoms with E-state index in [0.717, 1.165) is 0 Å². The molecule has 1 atom stereocenters. The van der Waals surface area contributed by atoms with Crippen molar-refractivity contribution >= 4 is 12.0 Å². The number of amides is 2. The van der Waals surface area contributed by atoms with Gasteiger partial charge in [-0.2, -0.15) is 0 Å². The summed E-state index contributed by atoms with van der Waals surface area (Å²) in [5.74, 6) is -0.618. The van der Waals surface area contributed by atoms with E-state index in [4.69, 9.17) is 5.11 Å². The monoisotopic (exact) mass is 230 g/mol. The molecular weight excluding hydrogens is 208 g/mol. The molecule has 0 radical (unpaired) electrons. The minimum Gasteiger partial charge on any atom is -0.480 e. The van der Waals surface area contributed by atoms with Gasteiger partial charge in [-0.05, 0) is 19.3 Å². The van der Waals surface area contributed by atoms with Gasteiger partial charge in [-0.3, -0.25) is 0 Å². The second-order valence-electron chi connectivity index (χ2n) is 4.18. The largest absolute Gasteiger partial charge is 0.480 e. The van der Waals surface area contributed by atoms with Crippen molar-refractivity contribution in [3.05, 3.63) is 0 Å². The van der Waals surface area contributed by atoms with Gasteiger partial charge in [0, 0.05) is 13.1 Å². The third kappa shape index (κ3) is 5.00. The lowest BCUT2D eigenvalue weighted by Gasteiger charge is -2.25. The number of carboxylic acids is 1. The summed E-state index contributed by atoms with van der Waals surface area (Å²) in [5, 5.41) is 11.3. The average Bonchev–Trinajstić information content (AvgIpc) is 2.21. The van der Waals surface area contributed by atoms with Crippen molar-refractivity contribution < 1.29 is 14.7 Å². The third-order valence-electron chi connectivity index (χ3n) is 2.26. The smallest absolute Gasteiger partial charge is 0.326 e. The van der Waals surface area contributed by atoms with E-state index in [1.807, 2.05) is 20.8 Å². The van der Waals surface area contributed by atoms with E-state index in [2.05, 4.69) is 5.32 Å². The Morgan fingerprint density at radius 3 is 2.19 bits per heavy atom. The summed E-state index contributed by atoms with van der Waals surface area (Å²) in [6.45, 7) is 8.87. The molecule has 94 valence electrons. The van der Waals surface area contributed by atoms with Gasteiger partial charge >= 0.3 is 12.0 Å². The first-order valence-electron chi connectivity index (χ1n) is 5.70. The van der Waals surface area contributed by atoms with Gasteiger partial charge in [-0.1, -0.05) is 20.8 Å². The van der Waals surface area contributed by atoms with E-state index in [0.29, 0.717) is 25.4 Å². The maximum absolute atomic E-state index is 11.7. The van der Waals surface area contributed by atoms with Crippen LogP contribution in [0, 0.1) is 5.92 Å². The zero-order chi connectivity index (χ0) is 12.7. The summed E-state index contributed by atoms with van der Waals surface area (Å²) in [7, 11) is 0. The molecular formula is C11H22N2O3. The lowest BCUT2D eigenvalue weighted by molar-refractivity contribution is -0.139. The van der Waals surface area contributed by atoms with Crippen molar-refractivity contribution in [1.29, 1.82) is 0 Å². The first kappa shape index (κ1) is 14.7. The van der Waals surface area contributed by atoms with Gasteiger partial charge in [0.25, 0.3) is 0 Å². The van der Waals surface area contributed by atoms with E-state index < -0.39 is 12.0 Å². The fraction of sp³-hybridized carbons (Fsp3) is 0.818. The fourth-order valence-electron chi connectivity index (χ4n) is 1.38. The number of nitrogens with zero attached hydrogens (tertiary/aromatic N) is 1. The van der Waals surface area contributed by atoms with Crippen molar-refractivity contribution in [2.45, 2.75) is 40.2 Å². The molecule has 0 fully saturated rings. The molecule has 0 saturated carbocycles. The van der Waals surface area contributed by atoms with Crippen LogP contribution in [0.5, 0.6) is 0 Å². The van der Waals surface area contributed by atoms with Gasteiger partial charge < -0.3 is 15.3 Å². The molecule has 5 heteroatoms. The minimum absolute atomic E-state index is 0.301. The van der Waals surface area contributed by atoms with Gasteiger partial charge in [0.1, 0.15) is 6.04 Å². The van der Waals surface area contributed by atoms with Crippen molar-refractivity contribution in [2.24, 2.45) is 5.92 Å². The molecule has 0 aromatic rings. The Kier molecular flexibility index (Phi) is 6.53. The average molecular weight is 230 g/mol. The lowest BCUT2D eigenvalue weighted by Crippen LogP contribution is -2.48. The Hall–Kier alpha value is -1.26. The molecule has 0 aliphatic rings. The van der Waals surface area contributed by atoms with E-state index >= 15 is 0 Å². The molecule has 0 bridgehead atoms. The quantitative estimate of drug-likeness (QED) is 0.727.